The van der Waals surface area contributed by atoms with Gasteiger partial charge in [0.25, 0.3) is 0 Å². The van der Waals surface area contributed by atoms with Gasteiger partial charge < -0.3 is 15.0 Å². The molecular weight excluding hydrogens is 235 g/mol. The lowest BCUT2D eigenvalue weighted by Gasteiger charge is -2.26. The molecule has 1 heterocycles. The first-order valence-corrected chi connectivity index (χ1v) is 5.81. The lowest BCUT2D eigenvalue weighted by atomic mass is 10.2. The highest BCUT2D eigenvalue weighted by atomic mass is 19.1. The number of hydrogen-bond acceptors (Lipinski definition) is 2. The summed E-state index contributed by atoms with van der Waals surface area (Å²) >= 11 is 0. The topological polar surface area (TPSA) is 41.6 Å². The minimum atomic E-state index is -0.274. The summed E-state index contributed by atoms with van der Waals surface area (Å²) in [6.45, 7) is 2.37. The minimum Gasteiger partial charge on any atom is -0.378 e. The largest absolute Gasteiger partial charge is 0.378 e. The van der Waals surface area contributed by atoms with Gasteiger partial charge in [-0.1, -0.05) is 12.1 Å². The van der Waals surface area contributed by atoms with Gasteiger partial charge in [0, 0.05) is 19.3 Å². The van der Waals surface area contributed by atoms with Crippen LogP contribution in [-0.2, 0) is 4.74 Å². The van der Waals surface area contributed by atoms with Gasteiger partial charge in [0.05, 0.1) is 13.2 Å². The maximum Gasteiger partial charge on any atom is 0.321 e. The predicted octanol–water partition coefficient (Wildman–Crippen LogP) is 1.84. The van der Waals surface area contributed by atoms with Crippen LogP contribution < -0.4 is 5.32 Å². The molecule has 1 aliphatic heterocycles. The molecular formula is C13H15FN2O2. The first-order chi connectivity index (χ1) is 8.75. The van der Waals surface area contributed by atoms with E-state index in [-0.39, 0.29) is 11.8 Å². The van der Waals surface area contributed by atoms with Crippen LogP contribution in [0, 0.1) is 5.82 Å². The second-order valence-corrected chi connectivity index (χ2v) is 3.93. The van der Waals surface area contributed by atoms with Gasteiger partial charge in [0.2, 0.25) is 0 Å². The van der Waals surface area contributed by atoms with Gasteiger partial charge in [-0.05, 0) is 23.8 Å². The van der Waals surface area contributed by atoms with Crippen LogP contribution in [0.1, 0.15) is 5.56 Å². The minimum absolute atomic E-state index is 0.142. The quantitative estimate of drug-likeness (QED) is 0.870. The molecule has 0 saturated carbocycles. The van der Waals surface area contributed by atoms with Gasteiger partial charge in [-0.3, -0.25) is 0 Å². The number of benzene rings is 1. The van der Waals surface area contributed by atoms with E-state index >= 15 is 0 Å². The Kier molecular flexibility index (Phi) is 4.30. The maximum absolute atomic E-state index is 12.7. The van der Waals surface area contributed by atoms with Gasteiger partial charge >= 0.3 is 6.03 Å². The van der Waals surface area contributed by atoms with E-state index in [9.17, 15) is 9.18 Å². The third-order valence-electron chi connectivity index (χ3n) is 2.65. The highest BCUT2D eigenvalue weighted by molar-refractivity contribution is 5.76. The van der Waals surface area contributed by atoms with Crippen molar-refractivity contribution >= 4 is 12.1 Å². The van der Waals surface area contributed by atoms with E-state index in [4.69, 9.17) is 4.74 Å². The summed E-state index contributed by atoms with van der Waals surface area (Å²) in [4.78, 5) is 13.4. The predicted molar refractivity (Wildman–Crippen MR) is 66.4 cm³/mol. The van der Waals surface area contributed by atoms with Crippen LogP contribution in [0.15, 0.2) is 30.5 Å². The lowest BCUT2D eigenvalue weighted by molar-refractivity contribution is 0.0540. The molecule has 1 fully saturated rings. The van der Waals surface area contributed by atoms with Crippen LogP contribution in [0.4, 0.5) is 9.18 Å². The molecule has 1 N–H and O–H groups in total. The summed E-state index contributed by atoms with van der Waals surface area (Å²) in [6.07, 6.45) is 3.28. The summed E-state index contributed by atoms with van der Waals surface area (Å²) in [6, 6.07) is 5.91. The molecule has 0 unspecified atom stereocenters. The lowest BCUT2D eigenvalue weighted by Crippen LogP contribution is -2.44. The number of carbonyl (C=O) groups excluding carboxylic acids is 1. The summed E-state index contributed by atoms with van der Waals surface area (Å²) in [7, 11) is 0. The zero-order valence-corrected chi connectivity index (χ0v) is 9.93. The number of carbonyl (C=O) groups is 1. The van der Waals surface area contributed by atoms with Crippen molar-refractivity contribution < 1.29 is 13.9 Å². The van der Waals surface area contributed by atoms with E-state index < -0.39 is 0 Å². The second kappa shape index (κ2) is 6.16. The van der Waals surface area contributed by atoms with E-state index in [0.29, 0.717) is 26.3 Å². The van der Waals surface area contributed by atoms with Crippen LogP contribution in [0.5, 0.6) is 0 Å². The van der Waals surface area contributed by atoms with E-state index in [1.165, 1.54) is 12.1 Å². The molecule has 0 radical (unpaired) electrons. The molecule has 0 bridgehead atoms. The van der Waals surface area contributed by atoms with E-state index in [1.54, 1.807) is 29.3 Å². The Labute approximate surface area is 105 Å². The van der Waals surface area contributed by atoms with Gasteiger partial charge in [0.15, 0.2) is 0 Å². The summed E-state index contributed by atoms with van der Waals surface area (Å²) < 4.78 is 17.8. The number of morpholine rings is 1. The maximum atomic E-state index is 12.7. The number of rotatable bonds is 2. The SMILES string of the molecule is O=C(N/C=C/c1ccc(F)cc1)N1CCOCC1. The first-order valence-electron chi connectivity index (χ1n) is 5.81. The Morgan fingerprint density at radius 1 is 1.28 bits per heavy atom. The number of ether oxygens (including phenoxy) is 1. The second-order valence-electron chi connectivity index (χ2n) is 3.93. The fourth-order valence-electron chi connectivity index (χ4n) is 1.64. The summed E-state index contributed by atoms with van der Waals surface area (Å²) in [5, 5.41) is 2.67. The van der Waals surface area contributed by atoms with E-state index in [0.717, 1.165) is 5.56 Å². The average Bonchev–Trinajstić information content (AvgIpc) is 2.42. The van der Waals surface area contributed by atoms with Crippen molar-refractivity contribution in [1.82, 2.24) is 10.2 Å². The molecule has 2 amide bonds. The van der Waals surface area contributed by atoms with Crippen molar-refractivity contribution in [3.63, 3.8) is 0 Å². The Balaban J connectivity index is 1.83. The summed E-state index contributed by atoms with van der Waals surface area (Å²) in [5.74, 6) is -0.274. The highest BCUT2D eigenvalue weighted by Crippen LogP contribution is 2.04. The van der Waals surface area contributed by atoms with Gasteiger partial charge in [-0.2, -0.15) is 0 Å². The van der Waals surface area contributed by atoms with E-state index in [2.05, 4.69) is 5.32 Å². The molecule has 0 atom stereocenters. The van der Waals surface area contributed by atoms with Crippen molar-refractivity contribution in [1.29, 1.82) is 0 Å². The molecule has 0 aromatic heterocycles. The molecule has 18 heavy (non-hydrogen) atoms. The number of nitrogens with one attached hydrogen (secondary N) is 1. The van der Waals surface area contributed by atoms with Crippen LogP contribution in [0.3, 0.4) is 0 Å². The molecule has 96 valence electrons. The number of hydrogen-bond donors (Lipinski definition) is 1. The molecule has 1 aliphatic rings. The molecule has 5 heteroatoms. The third-order valence-corrected chi connectivity index (χ3v) is 2.65. The number of amides is 2. The molecule has 0 aliphatic carbocycles. The van der Waals surface area contributed by atoms with Gasteiger partial charge in [0.1, 0.15) is 5.82 Å². The Morgan fingerprint density at radius 2 is 1.94 bits per heavy atom. The van der Waals surface area contributed by atoms with Crippen molar-refractivity contribution in [2.24, 2.45) is 0 Å². The van der Waals surface area contributed by atoms with Crippen LogP contribution in [-0.4, -0.2) is 37.2 Å². The zero-order chi connectivity index (χ0) is 12.8. The highest BCUT2D eigenvalue weighted by Gasteiger charge is 2.14. The standard InChI is InChI=1S/C13H15FN2O2/c14-12-3-1-11(2-4-12)5-6-15-13(17)16-7-9-18-10-8-16/h1-6H,7-10H2,(H,15,17)/b6-5+. The molecule has 4 nitrogen and oxygen atoms in total. The van der Waals surface area contributed by atoms with Crippen LogP contribution in [0.2, 0.25) is 0 Å². The molecule has 1 aromatic carbocycles. The fraction of sp³-hybridized carbons (Fsp3) is 0.308. The molecule has 0 spiro atoms. The molecule has 1 saturated heterocycles. The molecule has 1 aromatic rings. The van der Waals surface area contributed by atoms with Crippen LogP contribution in [0.25, 0.3) is 6.08 Å². The van der Waals surface area contributed by atoms with Crippen molar-refractivity contribution in [2.45, 2.75) is 0 Å². The normalized spacial score (nSPS) is 15.9. The van der Waals surface area contributed by atoms with Crippen molar-refractivity contribution in [3.05, 3.63) is 41.8 Å². The van der Waals surface area contributed by atoms with E-state index in [1.807, 2.05) is 0 Å². The van der Waals surface area contributed by atoms with Gasteiger partial charge in [-0.15, -0.1) is 0 Å². The number of halogens is 1. The Morgan fingerprint density at radius 3 is 2.61 bits per heavy atom. The number of nitrogens with zero attached hydrogens (tertiary/aromatic N) is 1. The van der Waals surface area contributed by atoms with Crippen molar-refractivity contribution in [2.75, 3.05) is 26.3 Å². The monoisotopic (exact) mass is 250 g/mol. The summed E-state index contributed by atoms with van der Waals surface area (Å²) in [5.41, 5.74) is 0.832. The smallest absolute Gasteiger partial charge is 0.321 e. The van der Waals surface area contributed by atoms with Gasteiger partial charge in [-0.25, -0.2) is 9.18 Å². The molecule has 2 rings (SSSR count). The van der Waals surface area contributed by atoms with Crippen molar-refractivity contribution in [3.8, 4) is 0 Å². The first kappa shape index (κ1) is 12.6. The Hall–Kier alpha value is -1.88. The Bertz CT molecular complexity index is 425. The fourth-order valence-corrected chi connectivity index (χ4v) is 1.64. The average molecular weight is 250 g/mol. The third kappa shape index (κ3) is 3.56. The number of urea groups is 1. The zero-order valence-electron chi connectivity index (χ0n) is 9.93. The van der Waals surface area contributed by atoms with Crippen LogP contribution >= 0.6 is 0 Å².